The van der Waals surface area contributed by atoms with Crippen molar-refractivity contribution in [1.29, 1.82) is 0 Å². The van der Waals surface area contributed by atoms with E-state index in [1.54, 1.807) is 19.2 Å². The monoisotopic (exact) mass is 298 g/mol. The van der Waals surface area contributed by atoms with Gasteiger partial charge in [-0.15, -0.1) is 0 Å². The van der Waals surface area contributed by atoms with Crippen LogP contribution in [0.25, 0.3) is 11.1 Å². The second-order valence-corrected chi connectivity index (χ2v) is 4.97. The number of rotatable bonds is 3. The Morgan fingerprint density at radius 2 is 1.50 bits per heavy atom. The minimum absolute atomic E-state index is 0.548. The van der Waals surface area contributed by atoms with Gasteiger partial charge >= 0.3 is 5.97 Å². The van der Waals surface area contributed by atoms with Crippen molar-refractivity contribution in [2.24, 2.45) is 0 Å². The molecule has 2 aromatic carbocycles. The zero-order valence-electron chi connectivity index (χ0n) is 11.9. The highest BCUT2D eigenvalue weighted by Gasteiger charge is 2.42. The molecule has 1 fully saturated rings. The van der Waals surface area contributed by atoms with Gasteiger partial charge in [0.05, 0.1) is 7.11 Å². The van der Waals surface area contributed by atoms with Gasteiger partial charge in [0.15, 0.2) is 6.10 Å². The van der Waals surface area contributed by atoms with Crippen LogP contribution in [0.3, 0.4) is 0 Å². The zero-order valence-corrected chi connectivity index (χ0v) is 11.9. The number of aliphatic hydroxyl groups is 1. The third-order valence-electron chi connectivity index (χ3n) is 3.62. The Bertz CT molecular complexity index is 703. The highest BCUT2D eigenvalue weighted by atomic mass is 16.6. The molecule has 112 valence electrons. The molecule has 0 spiro atoms. The molecule has 3 rings (SSSR count). The first-order valence-electron chi connectivity index (χ1n) is 6.77. The predicted octanol–water partition coefficient (Wildman–Crippen LogP) is 1.89. The number of benzene rings is 2. The molecule has 1 N–H and O–H groups in total. The van der Waals surface area contributed by atoms with Gasteiger partial charge in [-0.1, -0.05) is 36.4 Å². The Balaban J connectivity index is 1.83. The Labute approximate surface area is 127 Å². The summed E-state index contributed by atoms with van der Waals surface area (Å²) in [5.41, 5.74) is 2.51. The molecule has 1 aliphatic heterocycles. The van der Waals surface area contributed by atoms with Crippen LogP contribution in [0, 0.1) is 0 Å². The fourth-order valence-electron chi connectivity index (χ4n) is 2.36. The van der Waals surface area contributed by atoms with E-state index in [4.69, 9.17) is 9.47 Å². The smallest absolute Gasteiger partial charge is 0.344 e. The van der Waals surface area contributed by atoms with Crippen molar-refractivity contribution in [3.05, 3.63) is 54.1 Å². The Kier molecular flexibility index (Phi) is 3.65. The molecule has 0 saturated carbocycles. The normalized spacial score (nSPS) is 20.8. The summed E-state index contributed by atoms with van der Waals surface area (Å²) in [5.74, 6) is -0.741. The van der Waals surface area contributed by atoms with Crippen LogP contribution < -0.4 is 4.74 Å². The van der Waals surface area contributed by atoms with Crippen LogP contribution in [0.1, 0.15) is 11.7 Å². The standard InChI is InChI=1S/C17H14O5/c1-21-13-8-6-11(7-9-13)10-2-4-12(5-3-10)16-14(18)15(19)17(20)22-16/h2-9,15-16,19H,1H3. The maximum Gasteiger partial charge on any atom is 0.344 e. The van der Waals surface area contributed by atoms with Crippen LogP contribution in [0.2, 0.25) is 0 Å². The van der Waals surface area contributed by atoms with E-state index in [2.05, 4.69) is 0 Å². The molecule has 0 aromatic heterocycles. The van der Waals surface area contributed by atoms with Crippen LogP contribution >= 0.6 is 0 Å². The highest BCUT2D eigenvalue weighted by Crippen LogP contribution is 2.29. The number of carbonyl (C=O) groups excluding carboxylic acids is 2. The van der Waals surface area contributed by atoms with Gasteiger partial charge in [0.1, 0.15) is 5.75 Å². The fourth-order valence-corrected chi connectivity index (χ4v) is 2.36. The first-order valence-corrected chi connectivity index (χ1v) is 6.77. The number of carbonyl (C=O) groups is 2. The van der Waals surface area contributed by atoms with Gasteiger partial charge in [-0.2, -0.15) is 0 Å². The molecule has 0 radical (unpaired) electrons. The highest BCUT2D eigenvalue weighted by molar-refractivity contribution is 6.09. The lowest BCUT2D eigenvalue weighted by Crippen LogP contribution is -2.21. The lowest BCUT2D eigenvalue weighted by molar-refractivity contribution is -0.147. The molecule has 0 amide bonds. The zero-order chi connectivity index (χ0) is 15.7. The second kappa shape index (κ2) is 5.61. The van der Waals surface area contributed by atoms with Crippen molar-refractivity contribution in [2.45, 2.75) is 12.2 Å². The molecule has 0 aliphatic carbocycles. The summed E-state index contributed by atoms with van der Waals surface area (Å²) in [6, 6.07) is 14.7. The molecular weight excluding hydrogens is 284 g/mol. The molecule has 1 saturated heterocycles. The third-order valence-corrected chi connectivity index (χ3v) is 3.62. The Hall–Kier alpha value is -2.66. The topological polar surface area (TPSA) is 72.8 Å². The summed E-state index contributed by atoms with van der Waals surface area (Å²) in [5, 5.41) is 9.34. The summed E-state index contributed by atoms with van der Waals surface area (Å²) in [6.07, 6.45) is -2.70. The van der Waals surface area contributed by atoms with E-state index in [1.807, 2.05) is 36.4 Å². The van der Waals surface area contributed by atoms with Crippen LogP contribution in [0.15, 0.2) is 48.5 Å². The van der Waals surface area contributed by atoms with Crippen LogP contribution in [0.5, 0.6) is 5.75 Å². The molecule has 22 heavy (non-hydrogen) atoms. The Morgan fingerprint density at radius 3 is 1.95 bits per heavy atom. The maximum atomic E-state index is 11.7. The number of cyclic esters (lactones) is 1. The average Bonchev–Trinajstić information content (AvgIpc) is 2.83. The van der Waals surface area contributed by atoms with Crippen molar-refractivity contribution in [3.8, 4) is 16.9 Å². The molecular formula is C17H14O5. The van der Waals surface area contributed by atoms with Gasteiger partial charge < -0.3 is 14.6 Å². The first-order chi connectivity index (χ1) is 10.6. The molecule has 2 unspecified atom stereocenters. The molecule has 1 heterocycles. The first kappa shape index (κ1) is 14.3. The van der Waals surface area contributed by atoms with Crippen molar-refractivity contribution in [3.63, 3.8) is 0 Å². The third kappa shape index (κ3) is 2.46. The quantitative estimate of drug-likeness (QED) is 0.692. The lowest BCUT2D eigenvalue weighted by Gasteiger charge is -2.09. The molecule has 5 nitrogen and oxygen atoms in total. The molecule has 2 aromatic rings. The number of hydrogen-bond acceptors (Lipinski definition) is 5. The minimum atomic E-state index is -1.67. The number of Topliss-reactive ketones (excluding diaryl/α,β-unsaturated/α-hetero) is 1. The lowest BCUT2D eigenvalue weighted by atomic mass is 10.00. The van der Waals surface area contributed by atoms with E-state index in [9.17, 15) is 14.7 Å². The summed E-state index contributed by atoms with van der Waals surface area (Å²) in [6.45, 7) is 0. The number of hydrogen-bond donors (Lipinski definition) is 1. The molecule has 0 bridgehead atoms. The number of esters is 1. The number of ether oxygens (including phenoxy) is 2. The van der Waals surface area contributed by atoms with E-state index < -0.39 is 24.0 Å². The van der Waals surface area contributed by atoms with Gasteiger partial charge in [-0.3, -0.25) is 4.79 Å². The van der Waals surface area contributed by atoms with E-state index >= 15 is 0 Å². The molecule has 2 atom stereocenters. The fraction of sp³-hybridized carbons (Fsp3) is 0.176. The minimum Gasteiger partial charge on any atom is -0.497 e. The van der Waals surface area contributed by atoms with E-state index in [1.165, 1.54) is 0 Å². The van der Waals surface area contributed by atoms with Crippen molar-refractivity contribution < 1.29 is 24.2 Å². The van der Waals surface area contributed by atoms with Crippen LogP contribution in [-0.2, 0) is 14.3 Å². The van der Waals surface area contributed by atoms with Gasteiger partial charge in [0, 0.05) is 5.56 Å². The SMILES string of the molecule is COc1ccc(-c2ccc(C3OC(=O)C(O)C3=O)cc2)cc1. The molecule has 1 aliphatic rings. The van der Waals surface area contributed by atoms with Crippen molar-refractivity contribution >= 4 is 11.8 Å². The van der Waals surface area contributed by atoms with Crippen LogP contribution in [0.4, 0.5) is 0 Å². The number of ketones is 1. The number of aliphatic hydroxyl groups excluding tert-OH is 1. The predicted molar refractivity (Wildman–Crippen MR) is 78.3 cm³/mol. The molecule has 5 heteroatoms. The largest absolute Gasteiger partial charge is 0.497 e. The van der Waals surface area contributed by atoms with E-state index in [0.29, 0.717) is 5.56 Å². The second-order valence-electron chi connectivity index (χ2n) is 4.97. The van der Waals surface area contributed by atoms with Gasteiger partial charge in [-0.05, 0) is 23.3 Å². The van der Waals surface area contributed by atoms with Gasteiger partial charge in [0.25, 0.3) is 0 Å². The average molecular weight is 298 g/mol. The van der Waals surface area contributed by atoms with Crippen LogP contribution in [-0.4, -0.2) is 30.1 Å². The van der Waals surface area contributed by atoms with E-state index in [-0.39, 0.29) is 0 Å². The van der Waals surface area contributed by atoms with Crippen molar-refractivity contribution in [2.75, 3.05) is 7.11 Å². The summed E-state index contributed by atoms with van der Waals surface area (Å²) >= 11 is 0. The number of methoxy groups -OCH3 is 1. The van der Waals surface area contributed by atoms with Gasteiger partial charge in [0.2, 0.25) is 11.9 Å². The summed E-state index contributed by atoms with van der Waals surface area (Å²) in [4.78, 5) is 22.9. The van der Waals surface area contributed by atoms with Gasteiger partial charge in [-0.25, -0.2) is 4.79 Å². The Morgan fingerprint density at radius 1 is 0.955 bits per heavy atom. The van der Waals surface area contributed by atoms with E-state index in [0.717, 1.165) is 16.9 Å². The summed E-state index contributed by atoms with van der Waals surface area (Å²) in [7, 11) is 1.61. The summed E-state index contributed by atoms with van der Waals surface area (Å²) < 4.78 is 10.0. The van der Waals surface area contributed by atoms with Crippen molar-refractivity contribution in [1.82, 2.24) is 0 Å². The maximum absolute atomic E-state index is 11.7.